The lowest BCUT2D eigenvalue weighted by Crippen LogP contribution is -2.61. The summed E-state index contributed by atoms with van der Waals surface area (Å²) in [6.07, 6.45) is -9.59. The van der Waals surface area contributed by atoms with Crippen LogP contribution in [0.3, 0.4) is 0 Å². The van der Waals surface area contributed by atoms with Crippen LogP contribution in [0.5, 0.6) is 0 Å². The van der Waals surface area contributed by atoms with Gasteiger partial charge >= 0.3 is 24.4 Å². The summed E-state index contributed by atoms with van der Waals surface area (Å²) >= 11 is 0. The van der Waals surface area contributed by atoms with Gasteiger partial charge in [0.1, 0.15) is 5.82 Å². The average molecular weight is 550 g/mol. The molecule has 0 bridgehead atoms. The summed E-state index contributed by atoms with van der Waals surface area (Å²) < 4.78 is 142. The van der Waals surface area contributed by atoms with Gasteiger partial charge in [0.05, 0.1) is 25.8 Å². The second-order valence-corrected chi connectivity index (χ2v) is 8.39. The number of hydrogen-bond acceptors (Lipinski definition) is 6. The molecule has 1 atom stereocenters. The van der Waals surface area contributed by atoms with Crippen LogP contribution in [-0.4, -0.2) is 82.8 Å². The number of halogens is 10. The molecule has 0 radical (unpaired) electrons. The molecule has 4 rings (SSSR count). The predicted molar refractivity (Wildman–Crippen MR) is 102 cm³/mol. The van der Waals surface area contributed by atoms with E-state index in [4.69, 9.17) is 9.15 Å². The van der Waals surface area contributed by atoms with E-state index in [1.165, 1.54) is 0 Å². The van der Waals surface area contributed by atoms with Crippen LogP contribution in [0.1, 0.15) is 28.2 Å². The molecule has 1 aromatic heterocycles. The summed E-state index contributed by atoms with van der Waals surface area (Å²) in [5.41, 5.74) is -0.564. The number of morpholine rings is 1. The van der Waals surface area contributed by atoms with Crippen LogP contribution in [-0.2, 0) is 11.3 Å². The number of ether oxygens (including phenoxy) is 1. The van der Waals surface area contributed by atoms with Crippen molar-refractivity contribution in [3.8, 4) is 11.5 Å². The number of nitrogens with zero attached hydrogens (tertiary/aromatic N) is 4. The number of aromatic nitrogens is 2. The highest BCUT2D eigenvalue weighted by Gasteiger charge is 2.73. The molecule has 3 heterocycles. The van der Waals surface area contributed by atoms with Gasteiger partial charge in [0.25, 0.3) is 11.8 Å². The van der Waals surface area contributed by atoms with Gasteiger partial charge in [0.15, 0.2) is 0 Å². The summed E-state index contributed by atoms with van der Waals surface area (Å²) in [5.74, 6) is -15.1. The summed E-state index contributed by atoms with van der Waals surface area (Å²) in [7, 11) is 0. The monoisotopic (exact) mass is 550 g/mol. The van der Waals surface area contributed by atoms with Gasteiger partial charge in [-0.2, -0.15) is 39.5 Å². The molecular formula is C20H16F10N4O3. The van der Waals surface area contributed by atoms with E-state index in [9.17, 15) is 48.7 Å². The Morgan fingerprint density at radius 2 is 1.78 bits per heavy atom. The maximum absolute atomic E-state index is 14.7. The molecule has 0 unspecified atom stereocenters. The molecule has 1 saturated heterocycles. The van der Waals surface area contributed by atoms with E-state index in [-0.39, 0.29) is 36.4 Å². The van der Waals surface area contributed by atoms with Crippen LogP contribution >= 0.6 is 0 Å². The van der Waals surface area contributed by atoms with E-state index in [1.807, 2.05) is 0 Å². The standard InChI is InChI=1S/C20H16F10N4O3/c21-13-4-9(15-31-32-16(37-15)14(22)23)3-11-12(13)6-34(17(11)35)5-10-7-36-2-1-33(10)8-18(24,25)19(26,27)20(28,29)30/h3-4,10,14H,1-2,5-8H2/t10-/m0/s1. The minimum absolute atomic E-state index is 0.139. The molecule has 204 valence electrons. The van der Waals surface area contributed by atoms with E-state index < -0.39 is 73.6 Å². The normalized spacial score (nSPS) is 19.7. The van der Waals surface area contributed by atoms with Gasteiger partial charge in [-0.1, -0.05) is 0 Å². The van der Waals surface area contributed by atoms with E-state index in [0.29, 0.717) is 4.90 Å². The van der Waals surface area contributed by atoms with Gasteiger partial charge < -0.3 is 14.1 Å². The maximum atomic E-state index is 14.7. The van der Waals surface area contributed by atoms with Crippen molar-refractivity contribution in [2.75, 3.05) is 32.8 Å². The minimum atomic E-state index is -6.49. The molecule has 17 heteroatoms. The first-order valence-corrected chi connectivity index (χ1v) is 10.5. The van der Waals surface area contributed by atoms with Crippen LogP contribution in [0.15, 0.2) is 16.5 Å². The zero-order chi connectivity index (χ0) is 27.3. The Morgan fingerprint density at radius 3 is 2.41 bits per heavy atom. The van der Waals surface area contributed by atoms with Gasteiger partial charge in [-0.3, -0.25) is 9.69 Å². The van der Waals surface area contributed by atoms with Gasteiger partial charge in [-0.05, 0) is 12.1 Å². The van der Waals surface area contributed by atoms with E-state index in [1.54, 1.807) is 0 Å². The van der Waals surface area contributed by atoms with Crippen molar-refractivity contribution in [1.29, 1.82) is 0 Å². The largest absolute Gasteiger partial charge is 0.459 e. The Balaban J connectivity index is 1.52. The lowest BCUT2D eigenvalue weighted by Gasteiger charge is -2.40. The van der Waals surface area contributed by atoms with Crippen molar-refractivity contribution in [2.45, 2.75) is 37.0 Å². The Kier molecular flexibility index (Phi) is 6.89. The Labute approximate surface area is 201 Å². The van der Waals surface area contributed by atoms with Crippen molar-refractivity contribution in [3.05, 3.63) is 35.0 Å². The first-order chi connectivity index (χ1) is 17.1. The lowest BCUT2D eigenvalue weighted by atomic mass is 10.1. The van der Waals surface area contributed by atoms with Gasteiger partial charge in [-0.15, -0.1) is 10.2 Å². The second kappa shape index (κ2) is 9.41. The van der Waals surface area contributed by atoms with Crippen molar-refractivity contribution in [2.24, 2.45) is 0 Å². The third-order valence-corrected chi connectivity index (χ3v) is 5.93. The number of alkyl halides is 9. The van der Waals surface area contributed by atoms with Gasteiger partial charge in [-0.25, -0.2) is 4.39 Å². The molecule has 0 aliphatic carbocycles. The highest BCUT2D eigenvalue weighted by Crippen LogP contribution is 2.47. The fourth-order valence-electron chi connectivity index (χ4n) is 4.01. The first-order valence-electron chi connectivity index (χ1n) is 10.5. The highest BCUT2D eigenvalue weighted by molar-refractivity contribution is 5.99. The molecule has 1 fully saturated rings. The fraction of sp³-hybridized carbons (Fsp3) is 0.550. The number of amides is 1. The zero-order valence-electron chi connectivity index (χ0n) is 18.3. The topological polar surface area (TPSA) is 71.7 Å². The van der Waals surface area contributed by atoms with E-state index in [0.717, 1.165) is 17.0 Å². The summed E-state index contributed by atoms with van der Waals surface area (Å²) in [4.78, 5) is 14.5. The number of benzene rings is 1. The Morgan fingerprint density at radius 1 is 1.08 bits per heavy atom. The molecule has 37 heavy (non-hydrogen) atoms. The van der Waals surface area contributed by atoms with Crippen LogP contribution in [0.2, 0.25) is 0 Å². The van der Waals surface area contributed by atoms with Crippen molar-refractivity contribution in [3.63, 3.8) is 0 Å². The van der Waals surface area contributed by atoms with Crippen LogP contribution in [0.4, 0.5) is 43.9 Å². The second-order valence-electron chi connectivity index (χ2n) is 8.39. The SMILES string of the molecule is O=C1c2cc(-c3nnc(C(F)F)o3)cc(F)c2CN1C[C@H]1COCCN1CC(F)(F)C(F)(F)C(F)(F)F. The van der Waals surface area contributed by atoms with E-state index in [2.05, 4.69) is 10.2 Å². The van der Waals surface area contributed by atoms with Crippen molar-refractivity contribution < 1.29 is 57.9 Å². The van der Waals surface area contributed by atoms with Crippen LogP contribution < -0.4 is 0 Å². The minimum Gasteiger partial charge on any atom is -0.415 e. The molecule has 7 nitrogen and oxygen atoms in total. The molecule has 0 saturated carbocycles. The number of carbonyl (C=O) groups is 1. The quantitative estimate of drug-likeness (QED) is 0.479. The van der Waals surface area contributed by atoms with Crippen molar-refractivity contribution in [1.82, 2.24) is 20.0 Å². The lowest BCUT2D eigenvalue weighted by molar-refractivity contribution is -0.357. The number of carbonyl (C=O) groups excluding carboxylic acids is 1. The molecule has 2 aromatic rings. The summed E-state index contributed by atoms with van der Waals surface area (Å²) in [6.45, 7) is -3.85. The highest BCUT2D eigenvalue weighted by atomic mass is 19.4. The van der Waals surface area contributed by atoms with Crippen molar-refractivity contribution >= 4 is 5.91 Å². The third-order valence-electron chi connectivity index (χ3n) is 5.93. The molecule has 0 N–H and O–H groups in total. The molecule has 2 aliphatic heterocycles. The molecule has 0 spiro atoms. The fourth-order valence-corrected chi connectivity index (χ4v) is 4.01. The summed E-state index contributed by atoms with van der Waals surface area (Å²) in [5, 5.41) is 6.48. The third kappa shape index (κ3) is 4.97. The van der Waals surface area contributed by atoms with Gasteiger partial charge in [0.2, 0.25) is 5.89 Å². The first kappa shape index (κ1) is 27.1. The van der Waals surface area contributed by atoms with Crippen LogP contribution in [0.25, 0.3) is 11.5 Å². The molecule has 2 aliphatic rings. The van der Waals surface area contributed by atoms with Gasteiger partial charge in [0, 0.05) is 36.3 Å². The molecule has 1 aromatic carbocycles. The number of rotatable bonds is 7. The Bertz CT molecular complexity index is 1170. The zero-order valence-corrected chi connectivity index (χ0v) is 18.3. The smallest absolute Gasteiger partial charge is 0.415 e. The summed E-state index contributed by atoms with van der Waals surface area (Å²) in [6, 6.07) is 0.735. The van der Waals surface area contributed by atoms with E-state index >= 15 is 0 Å². The number of hydrogen-bond donors (Lipinski definition) is 0. The predicted octanol–water partition coefficient (Wildman–Crippen LogP) is 4.30. The number of fused-ring (bicyclic) bond motifs is 1. The molecular weight excluding hydrogens is 534 g/mol. The Hall–Kier alpha value is -2.95. The van der Waals surface area contributed by atoms with Crippen LogP contribution in [0, 0.1) is 5.82 Å². The average Bonchev–Trinajstić information content (AvgIpc) is 3.41. The molecule has 1 amide bonds. The maximum Gasteiger partial charge on any atom is 0.459 e.